The lowest BCUT2D eigenvalue weighted by Crippen LogP contribution is -2.52. The first-order chi connectivity index (χ1) is 15.7. The van der Waals surface area contributed by atoms with Gasteiger partial charge in [-0.1, -0.05) is 12.1 Å². The zero-order chi connectivity index (χ0) is 23.8. The molecule has 1 aromatic rings. The number of hydrogen-bond donors (Lipinski definition) is 0. The molecule has 1 aromatic carbocycles. The van der Waals surface area contributed by atoms with Gasteiger partial charge in [0, 0.05) is 50.2 Å². The molecule has 1 saturated heterocycles. The summed E-state index contributed by atoms with van der Waals surface area (Å²) in [6.07, 6.45) is 4.59. The molecule has 180 valence electrons. The zero-order valence-corrected chi connectivity index (χ0v) is 20.9. The minimum Gasteiger partial charge on any atom is -0.340 e. The number of carbonyl (C=O) groups is 1. The lowest BCUT2D eigenvalue weighted by Gasteiger charge is -2.40. The standard InChI is InChI=1S/C25H36N4O3S/c1-18(2)27-13-15-28(16-14-27)25(30)20-7-9-21(10-8-20)29(22-11-12-22)33(31,32)24-6-4-5-19(3)23(24)17-26/h4-6,18,20-22H,7-16H2,1-3H3. The minimum atomic E-state index is -3.77. The summed E-state index contributed by atoms with van der Waals surface area (Å²) < 4.78 is 29.1. The van der Waals surface area contributed by atoms with Crippen LogP contribution >= 0.6 is 0 Å². The van der Waals surface area contributed by atoms with Crippen molar-refractivity contribution in [2.75, 3.05) is 26.2 Å². The van der Waals surface area contributed by atoms with Crippen molar-refractivity contribution in [2.24, 2.45) is 5.92 Å². The summed E-state index contributed by atoms with van der Waals surface area (Å²) in [5.41, 5.74) is 0.925. The van der Waals surface area contributed by atoms with Crippen molar-refractivity contribution in [3.05, 3.63) is 29.3 Å². The van der Waals surface area contributed by atoms with Gasteiger partial charge in [-0.25, -0.2) is 8.42 Å². The molecule has 1 aliphatic heterocycles. The number of rotatable bonds is 6. The Morgan fingerprint density at radius 3 is 2.12 bits per heavy atom. The van der Waals surface area contributed by atoms with E-state index in [-0.39, 0.29) is 34.4 Å². The molecule has 8 heteroatoms. The number of sulfonamides is 1. The van der Waals surface area contributed by atoms with Crippen LogP contribution in [-0.2, 0) is 14.8 Å². The predicted octanol–water partition coefficient (Wildman–Crippen LogP) is 3.13. The van der Waals surface area contributed by atoms with E-state index in [1.54, 1.807) is 29.4 Å². The average molecular weight is 473 g/mol. The van der Waals surface area contributed by atoms with Crippen LogP contribution in [0.25, 0.3) is 0 Å². The molecule has 33 heavy (non-hydrogen) atoms. The van der Waals surface area contributed by atoms with Crippen molar-refractivity contribution in [3.8, 4) is 6.07 Å². The van der Waals surface area contributed by atoms with Gasteiger partial charge in [0.2, 0.25) is 15.9 Å². The number of amides is 1. The molecule has 0 radical (unpaired) electrons. The molecule has 0 aromatic heterocycles. The van der Waals surface area contributed by atoms with Crippen molar-refractivity contribution < 1.29 is 13.2 Å². The van der Waals surface area contributed by atoms with Crippen LogP contribution < -0.4 is 0 Å². The normalized spacial score (nSPS) is 24.8. The van der Waals surface area contributed by atoms with E-state index in [1.807, 2.05) is 4.90 Å². The maximum Gasteiger partial charge on any atom is 0.244 e. The van der Waals surface area contributed by atoms with Gasteiger partial charge in [-0.3, -0.25) is 9.69 Å². The van der Waals surface area contributed by atoms with Crippen LogP contribution in [0.2, 0.25) is 0 Å². The van der Waals surface area contributed by atoms with E-state index in [0.29, 0.717) is 24.4 Å². The second kappa shape index (κ2) is 9.73. The number of nitrogens with zero attached hydrogens (tertiary/aromatic N) is 4. The fourth-order valence-corrected chi connectivity index (χ4v) is 7.58. The molecule has 7 nitrogen and oxygen atoms in total. The summed E-state index contributed by atoms with van der Waals surface area (Å²) >= 11 is 0. The highest BCUT2D eigenvalue weighted by Crippen LogP contribution is 2.40. The molecule has 1 heterocycles. The second-order valence-electron chi connectivity index (χ2n) is 10.1. The van der Waals surface area contributed by atoms with Gasteiger partial charge in [-0.2, -0.15) is 9.57 Å². The average Bonchev–Trinajstić information content (AvgIpc) is 3.64. The highest BCUT2D eigenvalue weighted by Gasteiger charge is 2.45. The van der Waals surface area contributed by atoms with E-state index in [4.69, 9.17) is 0 Å². The zero-order valence-electron chi connectivity index (χ0n) is 20.0. The second-order valence-corrected chi connectivity index (χ2v) is 11.9. The molecule has 3 fully saturated rings. The maximum absolute atomic E-state index is 13.7. The van der Waals surface area contributed by atoms with Gasteiger partial charge in [-0.05, 0) is 70.9 Å². The predicted molar refractivity (Wildman–Crippen MR) is 127 cm³/mol. The van der Waals surface area contributed by atoms with Gasteiger partial charge in [0.15, 0.2) is 0 Å². The lowest BCUT2D eigenvalue weighted by atomic mass is 9.85. The van der Waals surface area contributed by atoms with E-state index < -0.39 is 10.0 Å². The van der Waals surface area contributed by atoms with Gasteiger partial charge in [-0.15, -0.1) is 0 Å². The Morgan fingerprint density at radius 1 is 1.03 bits per heavy atom. The van der Waals surface area contributed by atoms with Crippen LogP contribution in [-0.4, -0.2) is 72.7 Å². The van der Waals surface area contributed by atoms with E-state index >= 15 is 0 Å². The molecule has 0 spiro atoms. The summed E-state index contributed by atoms with van der Waals surface area (Å²) in [5.74, 6) is 0.229. The summed E-state index contributed by atoms with van der Waals surface area (Å²) in [5, 5.41) is 9.60. The fourth-order valence-electron chi connectivity index (χ4n) is 5.43. The van der Waals surface area contributed by atoms with Crippen LogP contribution in [0, 0.1) is 24.2 Å². The molecule has 0 unspecified atom stereocenters. The van der Waals surface area contributed by atoms with Crippen molar-refractivity contribution in [3.63, 3.8) is 0 Å². The van der Waals surface area contributed by atoms with Crippen LogP contribution in [0.15, 0.2) is 23.1 Å². The summed E-state index contributed by atoms with van der Waals surface area (Å²) in [6, 6.07) is 7.56. The van der Waals surface area contributed by atoms with Crippen molar-refractivity contribution >= 4 is 15.9 Å². The first kappa shape index (κ1) is 24.2. The largest absolute Gasteiger partial charge is 0.340 e. The third-order valence-corrected chi connectivity index (χ3v) is 9.62. The van der Waals surface area contributed by atoms with Gasteiger partial charge >= 0.3 is 0 Å². The van der Waals surface area contributed by atoms with Crippen molar-refractivity contribution in [2.45, 2.75) is 82.3 Å². The monoisotopic (exact) mass is 472 g/mol. The molecule has 0 atom stereocenters. The topological polar surface area (TPSA) is 84.7 Å². The van der Waals surface area contributed by atoms with Crippen molar-refractivity contribution in [1.82, 2.24) is 14.1 Å². The number of benzene rings is 1. The Balaban J connectivity index is 1.44. The molecule has 2 aliphatic carbocycles. The summed E-state index contributed by atoms with van der Waals surface area (Å²) in [6.45, 7) is 9.56. The smallest absolute Gasteiger partial charge is 0.244 e. The van der Waals surface area contributed by atoms with E-state index in [0.717, 1.165) is 51.9 Å². The van der Waals surface area contributed by atoms with E-state index in [2.05, 4.69) is 24.8 Å². The first-order valence-electron chi connectivity index (χ1n) is 12.3. The Labute approximate surface area is 198 Å². The fraction of sp³-hybridized carbons (Fsp3) is 0.680. The number of piperazine rings is 1. The summed E-state index contributed by atoms with van der Waals surface area (Å²) in [4.78, 5) is 17.7. The Morgan fingerprint density at radius 2 is 1.61 bits per heavy atom. The molecular weight excluding hydrogens is 436 g/mol. The molecule has 4 rings (SSSR count). The molecule has 0 N–H and O–H groups in total. The Kier molecular flexibility index (Phi) is 7.13. The minimum absolute atomic E-state index is 0.00996. The first-order valence-corrected chi connectivity index (χ1v) is 13.7. The third-order valence-electron chi connectivity index (χ3n) is 7.57. The Bertz CT molecular complexity index is 1010. The molecule has 0 bridgehead atoms. The highest BCUT2D eigenvalue weighted by molar-refractivity contribution is 7.89. The molecular formula is C25H36N4O3S. The van der Waals surface area contributed by atoms with E-state index in [9.17, 15) is 18.5 Å². The van der Waals surface area contributed by atoms with Gasteiger partial charge in [0.05, 0.1) is 5.56 Å². The van der Waals surface area contributed by atoms with Gasteiger partial charge in [0.1, 0.15) is 11.0 Å². The van der Waals surface area contributed by atoms with Crippen LogP contribution in [0.1, 0.15) is 63.5 Å². The molecule has 1 amide bonds. The Hall–Kier alpha value is -1.95. The van der Waals surface area contributed by atoms with Gasteiger partial charge in [0.25, 0.3) is 0 Å². The van der Waals surface area contributed by atoms with E-state index in [1.165, 1.54) is 0 Å². The number of hydrogen-bond acceptors (Lipinski definition) is 5. The third kappa shape index (κ3) is 4.96. The highest BCUT2D eigenvalue weighted by atomic mass is 32.2. The van der Waals surface area contributed by atoms with Gasteiger partial charge < -0.3 is 4.90 Å². The van der Waals surface area contributed by atoms with Crippen LogP contribution in [0.4, 0.5) is 0 Å². The maximum atomic E-state index is 13.7. The van der Waals surface area contributed by atoms with Crippen LogP contribution in [0.3, 0.4) is 0 Å². The summed E-state index contributed by atoms with van der Waals surface area (Å²) in [7, 11) is -3.77. The number of aryl methyl sites for hydroxylation is 1. The molecule has 2 saturated carbocycles. The van der Waals surface area contributed by atoms with Crippen LogP contribution in [0.5, 0.6) is 0 Å². The SMILES string of the molecule is Cc1cccc(S(=O)(=O)N(C2CCC(C(=O)N3CCN(C(C)C)CC3)CC2)C2CC2)c1C#N. The lowest BCUT2D eigenvalue weighted by molar-refractivity contribution is -0.138. The quantitative estimate of drug-likeness (QED) is 0.635. The number of carbonyl (C=O) groups excluding carboxylic acids is 1. The number of nitriles is 1. The molecule has 3 aliphatic rings. The van der Waals surface area contributed by atoms with Crippen molar-refractivity contribution in [1.29, 1.82) is 5.26 Å².